The highest BCUT2D eigenvalue weighted by molar-refractivity contribution is 6.01. The fourth-order valence-corrected chi connectivity index (χ4v) is 1.78. The van der Waals surface area contributed by atoms with Gasteiger partial charge in [0.2, 0.25) is 0 Å². The van der Waals surface area contributed by atoms with Crippen LogP contribution in [-0.2, 0) is 6.42 Å². The van der Waals surface area contributed by atoms with E-state index in [9.17, 15) is 9.90 Å². The van der Waals surface area contributed by atoms with Crippen LogP contribution in [-0.4, -0.2) is 17.5 Å². The summed E-state index contributed by atoms with van der Waals surface area (Å²) in [6, 6.07) is 3.23. The lowest BCUT2D eigenvalue weighted by Gasteiger charge is -2.19. The summed E-state index contributed by atoms with van der Waals surface area (Å²) in [6.07, 6.45) is 1.05. The Hall–Kier alpha value is -1.51. The van der Waals surface area contributed by atoms with Crippen molar-refractivity contribution in [2.75, 3.05) is 6.61 Å². The maximum absolute atomic E-state index is 11.6. The first kappa shape index (κ1) is 9.06. The summed E-state index contributed by atoms with van der Waals surface area (Å²) >= 11 is 0. The Morgan fingerprint density at radius 1 is 1.50 bits per heavy atom. The number of ether oxygens (including phenoxy) is 1. The molecule has 1 aliphatic rings. The Kier molecular flexibility index (Phi) is 2.15. The number of Topliss-reactive ketones (excluding diaryl/α,β-unsaturated/α-hetero) is 1. The summed E-state index contributed by atoms with van der Waals surface area (Å²) in [5.41, 5.74) is 1.27. The molecular weight excluding hydrogens is 180 g/mol. The lowest BCUT2D eigenvalue weighted by Crippen LogP contribution is -2.17. The fourth-order valence-electron chi connectivity index (χ4n) is 1.78. The van der Waals surface area contributed by atoms with Crippen molar-refractivity contribution in [3.05, 3.63) is 23.3 Å². The van der Waals surface area contributed by atoms with Gasteiger partial charge in [0.25, 0.3) is 0 Å². The number of phenols is 1. The minimum atomic E-state index is 0.0685. The number of fused-ring (bicyclic) bond motifs is 1. The molecule has 0 saturated carbocycles. The number of hydrogen-bond donors (Lipinski definition) is 1. The molecule has 0 saturated heterocycles. The van der Waals surface area contributed by atoms with Gasteiger partial charge in [0, 0.05) is 12.0 Å². The molecule has 14 heavy (non-hydrogen) atoms. The highest BCUT2D eigenvalue weighted by atomic mass is 16.5. The summed E-state index contributed by atoms with van der Waals surface area (Å²) < 4.78 is 5.36. The van der Waals surface area contributed by atoms with E-state index in [1.807, 2.05) is 6.92 Å². The molecule has 0 amide bonds. The third kappa shape index (κ3) is 1.25. The molecule has 0 radical (unpaired) electrons. The Labute approximate surface area is 82.3 Å². The van der Waals surface area contributed by atoms with Gasteiger partial charge in [-0.3, -0.25) is 4.79 Å². The van der Waals surface area contributed by atoms with E-state index in [-0.39, 0.29) is 11.5 Å². The summed E-state index contributed by atoms with van der Waals surface area (Å²) in [5.74, 6) is 0.861. The number of rotatable bonds is 1. The Balaban J connectivity index is 2.63. The molecule has 1 aromatic carbocycles. The molecule has 0 atom stereocenters. The number of ketones is 1. The van der Waals surface area contributed by atoms with Crippen LogP contribution in [0.1, 0.15) is 29.3 Å². The smallest absolute Gasteiger partial charge is 0.170 e. The quantitative estimate of drug-likeness (QED) is 0.739. The molecule has 0 bridgehead atoms. The first-order chi connectivity index (χ1) is 6.74. The predicted octanol–water partition coefficient (Wildman–Crippen LogP) is 1.92. The van der Waals surface area contributed by atoms with Gasteiger partial charge >= 0.3 is 0 Å². The van der Waals surface area contributed by atoms with E-state index in [1.165, 1.54) is 0 Å². The Bertz CT molecular complexity index is 382. The highest BCUT2D eigenvalue weighted by Gasteiger charge is 2.23. The zero-order valence-corrected chi connectivity index (χ0v) is 8.04. The summed E-state index contributed by atoms with van der Waals surface area (Å²) in [6.45, 7) is 2.36. The standard InChI is InChI=1S/C11H12O3/c1-2-7-8(12)3-4-10-11(7)9(13)5-6-14-10/h3-4,12H,2,5-6H2,1H3. The van der Waals surface area contributed by atoms with Crippen LogP contribution in [0.3, 0.4) is 0 Å². The monoisotopic (exact) mass is 192 g/mol. The van der Waals surface area contributed by atoms with Crippen LogP contribution >= 0.6 is 0 Å². The number of carbonyl (C=O) groups excluding carboxylic acids is 1. The van der Waals surface area contributed by atoms with Gasteiger partial charge in [-0.15, -0.1) is 0 Å². The average molecular weight is 192 g/mol. The van der Waals surface area contributed by atoms with E-state index in [2.05, 4.69) is 0 Å². The third-order valence-electron chi connectivity index (χ3n) is 2.47. The molecule has 2 rings (SSSR count). The van der Waals surface area contributed by atoms with E-state index in [0.29, 0.717) is 36.3 Å². The van der Waals surface area contributed by atoms with Gasteiger partial charge in [-0.25, -0.2) is 0 Å². The van der Waals surface area contributed by atoms with Crippen LogP contribution in [0.25, 0.3) is 0 Å². The van der Waals surface area contributed by atoms with E-state index < -0.39 is 0 Å². The van der Waals surface area contributed by atoms with Gasteiger partial charge in [0.1, 0.15) is 11.5 Å². The number of carbonyl (C=O) groups is 1. The Morgan fingerprint density at radius 3 is 3.00 bits per heavy atom. The van der Waals surface area contributed by atoms with Crippen molar-refractivity contribution in [1.82, 2.24) is 0 Å². The lowest BCUT2D eigenvalue weighted by atomic mass is 9.96. The molecule has 0 unspecified atom stereocenters. The van der Waals surface area contributed by atoms with Gasteiger partial charge in [0.05, 0.1) is 12.2 Å². The van der Waals surface area contributed by atoms with Gasteiger partial charge in [0.15, 0.2) is 5.78 Å². The summed E-state index contributed by atoms with van der Waals surface area (Å²) in [5, 5.41) is 9.58. The van der Waals surface area contributed by atoms with Gasteiger partial charge in [-0.1, -0.05) is 6.92 Å². The van der Waals surface area contributed by atoms with Gasteiger partial charge in [-0.2, -0.15) is 0 Å². The van der Waals surface area contributed by atoms with Gasteiger partial charge < -0.3 is 9.84 Å². The zero-order chi connectivity index (χ0) is 10.1. The van der Waals surface area contributed by atoms with Crippen molar-refractivity contribution in [1.29, 1.82) is 0 Å². The summed E-state index contributed by atoms with van der Waals surface area (Å²) in [4.78, 5) is 11.6. The number of phenolic OH excluding ortho intramolecular Hbond substituents is 1. The van der Waals surface area contributed by atoms with Crippen LogP contribution < -0.4 is 4.74 Å². The van der Waals surface area contributed by atoms with Crippen LogP contribution in [0, 0.1) is 0 Å². The number of hydrogen-bond acceptors (Lipinski definition) is 3. The molecule has 1 N–H and O–H groups in total. The number of benzene rings is 1. The van der Waals surface area contributed by atoms with E-state index in [0.717, 1.165) is 0 Å². The molecule has 74 valence electrons. The maximum Gasteiger partial charge on any atom is 0.170 e. The normalized spacial score (nSPS) is 14.8. The third-order valence-corrected chi connectivity index (χ3v) is 2.47. The molecule has 0 spiro atoms. The van der Waals surface area contributed by atoms with Crippen molar-refractivity contribution < 1.29 is 14.6 Å². The van der Waals surface area contributed by atoms with E-state index in [1.54, 1.807) is 12.1 Å². The molecule has 1 aromatic rings. The summed E-state index contributed by atoms with van der Waals surface area (Å²) in [7, 11) is 0. The SMILES string of the molecule is CCc1c(O)ccc2c1C(=O)CCO2. The van der Waals surface area contributed by atoms with Crippen molar-refractivity contribution in [3.8, 4) is 11.5 Å². The van der Waals surface area contributed by atoms with Crippen LogP contribution in [0.5, 0.6) is 11.5 Å². The van der Waals surface area contributed by atoms with Crippen LogP contribution in [0.15, 0.2) is 12.1 Å². The Morgan fingerprint density at radius 2 is 2.29 bits per heavy atom. The second kappa shape index (κ2) is 3.33. The molecular formula is C11H12O3. The number of aromatic hydroxyl groups is 1. The first-order valence-corrected chi connectivity index (χ1v) is 4.75. The van der Waals surface area contributed by atoms with Crippen LogP contribution in [0.2, 0.25) is 0 Å². The van der Waals surface area contributed by atoms with E-state index in [4.69, 9.17) is 4.74 Å². The molecule has 0 aromatic heterocycles. The topological polar surface area (TPSA) is 46.5 Å². The largest absolute Gasteiger partial charge is 0.508 e. The van der Waals surface area contributed by atoms with Gasteiger partial charge in [-0.05, 0) is 18.6 Å². The molecule has 0 fully saturated rings. The lowest BCUT2D eigenvalue weighted by molar-refractivity contribution is 0.0931. The predicted molar refractivity (Wildman–Crippen MR) is 51.9 cm³/mol. The zero-order valence-electron chi connectivity index (χ0n) is 8.04. The molecule has 1 aliphatic heterocycles. The highest BCUT2D eigenvalue weighted by Crippen LogP contribution is 2.33. The average Bonchev–Trinajstić information content (AvgIpc) is 2.19. The second-order valence-corrected chi connectivity index (χ2v) is 3.31. The molecule has 1 heterocycles. The second-order valence-electron chi connectivity index (χ2n) is 3.31. The minimum Gasteiger partial charge on any atom is -0.508 e. The van der Waals surface area contributed by atoms with Crippen LogP contribution in [0.4, 0.5) is 0 Å². The fraction of sp³-hybridized carbons (Fsp3) is 0.364. The van der Waals surface area contributed by atoms with E-state index >= 15 is 0 Å². The van der Waals surface area contributed by atoms with Crippen molar-refractivity contribution >= 4 is 5.78 Å². The minimum absolute atomic E-state index is 0.0685. The molecule has 0 aliphatic carbocycles. The van der Waals surface area contributed by atoms with Crippen molar-refractivity contribution in [2.24, 2.45) is 0 Å². The molecule has 3 nitrogen and oxygen atoms in total. The maximum atomic E-state index is 11.6. The molecule has 3 heteroatoms. The first-order valence-electron chi connectivity index (χ1n) is 4.75. The van der Waals surface area contributed by atoms with Crippen molar-refractivity contribution in [2.45, 2.75) is 19.8 Å². The van der Waals surface area contributed by atoms with Crippen molar-refractivity contribution in [3.63, 3.8) is 0 Å².